The first kappa shape index (κ1) is 26.0. The summed E-state index contributed by atoms with van der Waals surface area (Å²) in [5, 5.41) is 9.68. The summed E-state index contributed by atoms with van der Waals surface area (Å²) < 4.78 is 16.6. The van der Waals surface area contributed by atoms with Crippen LogP contribution in [0.3, 0.4) is 0 Å². The number of nitriles is 1. The van der Waals surface area contributed by atoms with E-state index in [1.165, 1.54) is 6.08 Å². The number of benzene rings is 2. The van der Waals surface area contributed by atoms with Gasteiger partial charge in [-0.05, 0) is 42.0 Å². The van der Waals surface area contributed by atoms with Gasteiger partial charge in [0.1, 0.15) is 17.6 Å². The van der Waals surface area contributed by atoms with Gasteiger partial charge in [0.15, 0.2) is 0 Å². The van der Waals surface area contributed by atoms with Crippen molar-refractivity contribution in [3.8, 4) is 17.6 Å². The van der Waals surface area contributed by atoms with Crippen LogP contribution in [0, 0.1) is 28.6 Å². The van der Waals surface area contributed by atoms with E-state index in [1.54, 1.807) is 30.3 Å². The van der Waals surface area contributed by atoms with Gasteiger partial charge in [-0.25, -0.2) is 4.79 Å². The summed E-state index contributed by atoms with van der Waals surface area (Å²) in [5.41, 5.74) is 0.166. The lowest BCUT2D eigenvalue weighted by molar-refractivity contribution is -0.149. The maximum atomic E-state index is 12.9. The summed E-state index contributed by atoms with van der Waals surface area (Å²) in [7, 11) is 0. The molecule has 0 radical (unpaired) electrons. The van der Waals surface area contributed by atoms with Crippen LogP contribution in [0.5, 0.6) is 11.5 Å². The van der Waals surface area contributed by atoms with Gasteiger partial charge in [-0.3, -0.25) is 4.79 Å². The van der Waals surface area contributed by atoms with Crippen molar-refractivity contribution in [3.05, 3.63) is 72.3 Å². The summed E-state index contributed by atoms with van der Waals surface area (Å²) in [6, 6.07) is 18.3. The molecule has 0 amide bonds. The standard InChI is InChI=1S/C29H33NO5/c1-4-5-6-10-18-33-26(31)17-16-24-27(29(24,2)3)28(32)35-25(20-30)21-12-11-15-23(19-21)34-22-13-8-7-9-14-22/h7-9,11-17,19,24-25,27H,4-6,10,18H2,1-3H3/b17-16-/t24-,25+,27-/m0/s1. The fourth-order valence-corrected chi connectivity index (χ4v) is 4.14. The second kappa shape index (κ2) is 12.2. The highest BCUT2D eigenvalue weighted by Gasteiger charge is 2.61. The molecule has 6 nitrogen and oxygen atoms in total. The monoisotopic (exact) mass is 475 g/mol. The van der Waals surface area contributed by atoms with Crippen LogP contribution in [0.15, 0.2) is 66.7 Å². The van der Waals surface area contributed by atoms with E-state index >= 15 is 0 Å². The van der Waals surface area contributed by atoms with Crippen LogP contribution in [0.25, 0.3) is 0 Å². The van der Waals surface area contributed by atoms with E-state index in [0.717, 1.165) is 25.7 Å². The van der Waals surface area contributed by atoms with Gasteiger partial charge >= 0.3 is 11.9 Å². The molecule has 2 aromatic rings. The molecule has 0 spiro atoms. The quantitative estimate of drug-likeness (QED) is 0.197. The fourth-order valence-electron chi connectivity index (χ4n) is 4.14. The normalized spacial score (nSPS) is 18.9. The Balaban J connectivity index is 1.56. The summed E-state index contributed by atoms with van der Waals surface area (Å²) in [5.74, 6) is -0.236. The van der Waals surface area contributed by atoms with Gasteiger partial charge in [-0.15, -0.1) is 0 Å². The van der Waals surface area contributed by atoms with Gasteiger partial charge in [0.2, 0.25) is 6.10 Å². The largest absolute Gasteiger partial charge is 0.463 e. The smallest absolute Gasteiger partial charge is 0.330 e. The number of para-hydroxylation sites is 1. The number of rotatable bonds is 12. The van der Waals surface area contributed by atoms with Gasteiger partial charge in [-0.2, -0.15) is 5.26 Å². The van der Waals surface area contributed by atoms with Crippen molar-refractivity contribution in [1.82, 2.24) is 0 Å². The van der Waals surface area contributed by atoms with Crippen LogP contribution in [-0.2, 0) is 19.1 Å². The van der Waals surface area contributed by atoms with Crippen LogP contribution < -0.4 is 4.74 Å². The lowest BCUT2D eigenvalue weighted by Crippen LogP contribution is -2.14. The summed E-state index contributed by atoms with van der Waals surface area (Å²) >= 11 is 0. The summed E-state index contributed by atoms with van der Waals surface area (Å²) in [4.78, 5) is 24.9. The Hall–Kier alpha value is -3.59. The van der Waals surface area contributed by atoms with Crippen LogP contribution in [0.1, 0.15) is 58.1 Å². The highest BCUT2D eigenvalue weighted by atomic mass is 16.5. The van der Waals surface area contributed by atoms with Crippen molar-refractivity contribution in [2.24, 2.45) is 17.3 Å². The van der Waals surface area contributed by atoms with E-state index < -0.39 is 24.0 Å². The van der Waals surface area contributed by atoms with Crippen molar-refractivity contribution in [1.29, 1.82) is 5.26 Å². The number of carbonyl (C=O) groups excluding carboxylic acids is 2. The van der Waals surface area contributed by atoms with E-state index in [0.29, 0.717) is 23.7 Å². The Morgan fingerprint density at radius 3 is 2.51 bits per heavy atom. The first-order valence-corrected chi connectivity index (χ1v) is 12.1. The van der Waals surface area contributed by atoms with Gasteiger partial charge in [-0.1, -0.05) is 76.4 Å². The zero-order valence-corrected chi connectivity index (χ0v) is 20.6. The molecule has 0 aliphatic heterocycles. The van der Waals surface area contributed by atoms with E-state index in [2.05, 4.69) is 13.0 Å². The minimum Gasteiger partial charge on any atom is -0.463 e. The Labute approximate surface area is 207 Å². The summed E-state index contributed by atoms with van der Waals surface area (Å²) in [6.45, 7) is 6.42. The Morgan fingerprint density at radius 2 is 1.80 bits per heavy atom. The van der Waals surface area contributed by atoms with E-state index in [1.807, 2.05) is 44.2 Å². The number of carbonyl (C=O) groups is 2. The molecule has 184 valence electrons. The zero-order chi connectivity index (χ0) is 25.3. The van der Waals surface area contributed by atoms with Gasteiger partial charge in [0.05, 0.1) is 12.5 Å². The van der Waals surface area contributed by atoms with Crippen LogP contribution in [0.4, 0.5) is 0 Å². The van der Waals surface area contributed by atoms with Crippen LogP contribution in [-0.4, -0.2) is 18.5 Å². The first-order valence-electron chi connectivity index (χ1n) is 12.1. The summed E-state index contributed by atoms with van der Waals surface area (Å²) in [6.07, 6.45) is 6.20. The molecule has 0 saturated heterocycles. The number of hydrogen-bond donors (Lipinski definition) is 0. The molecule has 3 rings (SSSR count). The predicted molar refractivity (Wildman–Crippen MR) is 132 cm³/mol. The molecule has 1 aliphatic rings. The van der Waals surface area contributed by atoms with Gasteiger partial charge in [0, 0.05) is 11.6 Å². The molecule has 1 fully saturated rings. The molecule has 6 heteroatoms. The maximum Gasteiger partial charge on any atom is 0.330 e. The SMILES string of the molecule is CCCCCCOC(=O)/C=C\[C@H]1[C@@H](C(=O)O[C@H](C#N)c2cccc(Oc3ccccc3)c2)C1(C)C. The molecular weight excluding hydrogens is 442 g/mol. The van der Waals surface area contributed by atoms with Crippen LogP contribution >= 0.6 is 0 Å². The third kappa shape index (κ3) is 7.19. The molecule has 35 heavy (non-hydrogen) atoms. The first-order chi connectivity index (χ1) is 16.9. The third-order valence-electron chi connectivity index (χ3n) is 6.34. The minimum absolute atomic E-state index is 0.158. The van der Waals surface area contributed by atoms with Crippen molar-refractivity contribution >= 4 is 11.9 Å². The number of esters is 2. The van der Waals surface area contributed by atoms with E-state index in [9.17, 15) is 14.9 Å². The average Bonchev–Trinajstić information content (AvgIpc) is 3.41. The molecule has 3 atom stereocenters. The predicted octanol–water partition coefficient (Wildman–Crippen LogP) is 6.54. The molecule has 2 aromatic carbocycles. The maximum absolute atomic E-state index is 12.9. The topological polar surface area (TPSA) is 85.6 Å². The van der Waals surface area contributed by atoms with Crippen molar-refractivity contribution in [2.45, 2.75) is 52.6 Å². The lowest BCUT2D eigenvalue weighted by Gasteiger charge is -2.13. The lowest BCUT2D eigenvalue weighted by atomic mass is 10.1. The Kier molecular flexibility index (Phi) is 9.08. The molecule has 0 heterocycles. The van der Waals surface area contributed by atoms with Gasteiger partial charge in [0.25, 0.3) is 0 Å². The molecule has 1 aliphatic carbocycles. The van der Waals surface area contributed by atoms with Crippen molar-refractivity contribution in [3.63, 3.8) is 0 Å². The fraction of sp³-hybridized carbons (Fsp3) is 0.414. The molecule has 0 N–H and O–H groups in total. The molecular formula is C29H33NO5. The Bertz CT molecular complexity index is 1070. The van der Waals surface area contributed by atoms with Gasteiger partial charge < -0.3 is 14.2 Å². The van der Waals surface area contributed by atoms with Crippen molar-refractivity contribution < 1.29 is 23.8 Å². The molecule has 0 bridgehead atoms. The highest BCUT2D eigenvalue weighted by molar-refractivity contribution is 5.83. The number of ether oxygens (including phenoxy) is 3. The molecule has 0 unspecified atom stereocenters. The van der Waals surface area contributed by atoms with E-state index in [4.69, 9.17) is 14.2 Å². The van der Waals surface area contributed by atoms with Crippen molar-refractivity contribution in [2.75, 3.05) is 6.61 Å². The number of allylic oxidation sites excluding steroid dienone is 1. The number of unbranched alkanes of at least 4 members (excludes halogenated alkanes) is 3. The van der Waals surface area contributed by atoms with Crippen LogP contribution in [0.2, 0.25) is 0 Å². The third-order valence-corrected chi connectivity index (χ3v) is 6.34. The van der Waals surface area contributed by atoms with E-state index in [-0.39, 0.29) is 11.3 Å². The highest BCUT2D eigenvalue weighted by Crippen LogP contribution is 2.59. The second-order valence-corrected chi connectivity index (χ2v) is 9.35. The number of hydrogen-bond acceptors (Lipinski definition) is 6. The Morgan fingerprint density at radius 1 is 1.06 bits per heavy atom. The zero-order valence-electron chi connectivity index (χ0n) is 20.6. The molecule has 1 saturated carbocycles. The number of nitrogens with zero attached hydrogens (tertiary/aromatic N) is 1. The molecule has 0 aromatic heterocycles. The minimum atomic E-state index is -1.06. The second-order valence-electron chi connectivity index (χ2n) is 9.35. The average molecular weight is 476 g/mol.